The highest BCUT2D eigenvalue weighted by Gasteiger charge is 2.26. The zero-order valence-electron chi connectivity index (χ0n) is 12.5. The molecule has 1 aliphatic carbocycles. The summed E-state index contributed by atoms with van der Waals surface area (Å²) in [6.45, 7) is 3.92. The summed E-state index contributed by atoms with van der Waals surface area (Å²) in [6.07, 6.45) is 5.16. The standard InChI is InChI=1S/C15H23ClN2O2S/c1-3-11-4-6-12(7-5-11)18-21(19,20)15-9-14(17)13(16)8-10(15)2/h8-9,11-12,18H,3-7,17H2,1-2H3. The molecule has 0 atom stereocenters. The van der Waals surface area contributed by atoms with E-state index in [-0.39, 0.29) is 16.6 Å². The molecule has 3 N–H and O–H groups in total. The molecule has 0 bridgehead atoms. The number of hydrogen-bond donors (Lipinski definition) is 2. The van der Waals surface area contributed by atoms with Gasteiger partial charge in [0.05, 0.1) is 15.6 Å². The van der Waals surface area contributed by atoms with Gasteiger partial charge >= 0.3 is 0 Å². The van der Waals surface area contributed by atoms with Crippen molar-refractivity contribution in [1.82, 2.24) is 4.72 Å². The predicted molar refractivity (Wildman–Crippen MR) is 87.0 cm³/mol. The first-order valence-electron chi connectivity index (χ1n) is 7.41. The van der Waals surface area contributed by atoms with Gasteiger partial charge in [0.2, 0.25) is 10.0 Å². The summed E-state index contributed by atoms with van der Waals surface area (Å²) in [6, 6.07) is 3.06. The number of hydrogen-bond acceptors (Lipinski definition) is 3. The fourth-order valence-corrected chi connectivity index (χ4v) is 4.71. The van der Waals surface area contributed by atoms with E-state index in [4.69, 9.17) is 17.3 Å². The Hall–Kier alpha value is -0.780. The molecule has 0 radical (unpaired) electrons. The van der Waals surface area contributed by atoms with Crippen LogP contribution in [-0.2, 0) is 10.0 Å². The molecule has 0 aromatic heterocycles. The van der Waals surface area contributed by atoms with Crippen LogP contribution in [-0.4, -0.2) is 14.5 Å². The molecule has 0 spiro atoms. The fourth-order valence-electron chi connectivity index (χ4n) is 2.93. The van der Waals surface area contributed by atoms with Gasteiger partial charge in [-0.25, -0.2) is 13.1 Å². The second-order valence-electron chi connectivity index (χ2n) is 5.89. The van der Waals surface area contributed by atoms with Crippen LogP contribution in [0.15, 0.2) is 17.0 Å². The van der Waals surface area contributed by atoms with E-state index in [0.717, 1.165) is 31.6 Å². The summed E-state index contributed by atoms with van der Waals surface area (Å²) in [5.41, 5.74) is 6.64. The zero-order chi connectivity index (χ0) is 15.6. The number of sulfonamides is 1. The lowest BCUT2D eigenvalue weighted by Gasteiger charge is -2.28. The Morgan fingerprint density at radius 2 is 1.90 bits per heavy atom. The minimum Gasteiger partial charge on any atom is -0.397 e. The lowest BCUT2D eigenvalue weighted by Crippen LogP contribution is -2.37. The van der Waals surface area contributed by atoms with Gasteiger partial charge in [0.25, 0.3) is 0 Å². The maximum absolute atomic E-state index is 12.5. The molecule has 1 aromatic carbocycles. The number of benzene rings is 1. The van der Waals surface area contributed by atoms with Gasteiger partial charge in [-0.05, 0) is 56.2 Å². The highest BCUT2D eigenvalue weighted by atomic mass is 35.5. The molecule has 1 saturated carbocycles. The zero-order valence-corrected chi connectivity index (χ0v) is 14.1. The molecule has 118 valence electrons. The van der Waals surface area contributed by atoms with Gasteiger partial charge in [0.1, 0.15) is 0 Å². The minimum atomic E-state index is -3.54. The van der Waals surface area contributed by atoms with Crippen molar-refractivity contribution < 1.29 is 8.42 Å². The first-order valence-corrected chi connectivity index (χ1v) is 9.27. The lowest BCUT2D eigenvalue weighted by atomic mass is 9.85. The van der Waals surface area contributed by atoms with Gasteiger partial charge in [0.15, 0.2) is 0 Å². The van der Waals surface area contributed by atoms with E-state index < -0.39 is 10.0 Å². The smallest absolute Gasteiger partial charge is 0.241 e. The highest BCUT2D eigenvalue weighted by Crippen LogP contribution is 2.29. The Bertz CT molecular complexity index is 608. The average Bonchev–Trinajstić information content (AvgIpc) is 2.43. The van der Waals surface area contributed by atoms with Crippen molar-refractivity contribution in [3.63, 3.8) is 0 Å². The van der Waals surface area contributed by atoms with Crippen molar-refractivity contribution in [2.75, 3.05) is 5.73 Å². The molecule has 0 aliphatic heterocycles. The van der Waals surface area contributed by atoms with Crippen LogP contribution in [0.3, 0.4) is 0 Å². The largest absolute Gasteiger partial charge is 0.397 e. The SMILES string of the molecule is CCC1CCC(NS(=O)(=O)c2cc(N)c(Cl)cc2C)CC1. The van der Waals surface area contributed by atoms with E-state index in [1.807, 2.05) is 0 Å². The van der Waals surface area contributed by atoms with E-state index in [0.29, 0.717) is 10.6 Å². The molecule has 1 fully saturated rings. The van der Waals surface area contributed by atoms with Crippen LogP contribution in [0.1, 0.15) is 44.6 Å². The number of nitrogens with one attached hydrogen (secondary N) is 1. The first kappa shape index (κ1) is 16.6. The summed E-state index contributed by atoms with van der Waals surface area (Å²) >= 11 is 5.92. The Morgan fingerprint density at radius 1 is 1.29 bits per heavy atom. The molecule has 6 heteroatoms. The summed E-state index contributed by atoms with van der Waals surface area (Å²) in [7, 11) is -3.54. The van der Waals surface area contributed by atoms with Crippen LogP contribution in [0.25, 0.3) is 0 Å². The molecule has 4 nitrogen and oxygen atoms in total. The Morgan fingerprint density at radius 3 is 2.48 bits per heavy atom. The number of anilines is 1. The van der Waals surface area contributed by atoms with Crippen molar-refractivity contribution in [2.45, 2.75) is 56.9 Å². The first-order chi connectivity index (χ1) is 9.83. The van der Waals surface area contributed by atoms with Gasteiger partial charge in [-0.1, -0.05) is 24.9 Å². The molecule has 0 unspecified atom stereocenters. The van der Waals surface area contributed by atoms with Crippen molar-refractivity contribution >= 4 is 27.3 Å². The summed E-state index contributed by atoms with van der Waals surface area (Å²) in [4.78, 5) is 0.224. The van der Waals surface area contributed by atoms with Crippen LogP contribution in [0.5, 0.6) is 0 Å². The van der Waals surface area contributed by atoms with Crippen LogP contribution in [0, 0.1) is 12.8 Å². The van der Waals surface area contributed by atoms with Gasteiger partial charge in [-0.15, -0.1) is 0 Å². The lowest BCUT2D eigenvalue weighted by molar-refractivity contribution is 0.306. The average molecular weight is 331 g/mol. The molecule has 1 aliphatic rings. The summed E-state index contributed by atoms with van der Waals surface area (Å²) in [5.74, 6) is 0.735. The van der Waals surface area contributed by atoms with Crippen molar-refractivity contribution in [3.8, 4) is 0 Å². The van der Waals surface area contributed by atoms with Gasteiger partial charge < -0.3 is 5.73 Å². The second kappa shape index (κ2) is 6.55. The van der Waals surface area contributed by atoms with Crippen LogP contribution in [0.2, 0.25) is 5.02 Å². The molecular formula is C15H23ClN2O2S. The third kappa shape index (κ3) is 3.90. The van der Waals surface area contributed by atoms with Crippen molar-refractivity contribution in [1.29, 1.82) is 0 Å². The number of nitrogens with two attached hydrogens (primary N) is 1. The van der Waals surface area contributed by atoms with E-state index in [2.05, 4.69) is 11.6 Å². The van der Waals surface area contributed by atoms with Crippen LogP contribution in [0.4, 0.5) is 5.69 Å². The van der Waals surface area contributed by atoms with E-state index in [1.54, 1.807) is 13.0 Å². The third-order valence-electron chi connectivity index (χ3n) is 4.33. The Labute approximate surface area is 132 Å². The van der Waals surface area contributed by atoms with Crippen molar-refractivity contribution in [3.05, 3.63) is 22.7 Å². The Kier molecular flexibility index (Phi) is 5.17. The van der Waals surface area contributed by atoms with Crippen LogP contribution < -0.4 is 10.5 Å². The fraction of sp³-hybridized carbons (Fsp3) is 0.600. The number of halogens is 1. The van der Waals surface area contributed by atoms with E-state index >= 15 is 0 Å². The van der Waals surface area contributed by atoms with E-state index in [9.17, 15) is 8.42 Å². The van der Waals surface area contributed by atoms with Gasteiger partial charge in [-0.2, -0.15) is 0 Å². The molecule has 1 aromatic rings. The Balaban J connectivity index is 2.14. The second-order valence-corrected chi connectivity index (χ2v) is 7.98. The molecule has 21 heavy (non-hydrogen) atoms. The van der Waals surface area contributed by atoms with Crippen molar-refractivity contribution in [2.24, 2.45) is 5.92 Å². The monoisotopic (exact) mass is 330 g/mol. The highest BCUT2D eigenvalue weighted by molar-refractivity contribution is 7.89. The number of aryl methyl sites for hydroxylation is 1. The number of nitrogen functional groups attached to an aromatic ring is 1. The molecule has 0 amide bonds. The minimum absolute atomic E-state index is 0.0223. The third-order valence-corrected chi connectivity index (χ3v) is 6.32. The quantitative estimate of drug-likeness (QED) is 0.830. The number of rotatable bonds is 4. The van der Waals surface area contributed by atoms with Gasteiger partial charge in [-0.3, -0.25) is 0 Å². The molecule has 0 saturated heterocycles. The topological polar surface area (TPSA) is 72.2 Å². The van der Waals surface area contributed by atoms with E-state index in [1.165, 1.54) is 12.5 Å². The predicted octanol–water partition coefficient (Wildman–Crippen LogP) is 3.48. The molecule has 2 rings (SSSR count). The maximum Gasteiger partial charge on any atom is 0.241 e. The summed E-state index contributed by atoms with van der Waals surface area (Å²) in [5, 5.41) is 0.384. The molecular weight excluding hydrogens is 308 g/mol. The molecule has 0 heterocycles. The maximum atomic E-state index is 12.5. The summed E-state index contributed by atoms with van der Waals surface area (Å²) < 4.78 is 27.9. The van der Waals surface area contributed by atoms with Crippen LogP contribution >= 0.6 is 11.6 Å². The normalized spacial score (nSPS) is 23.2. The van der Waals surface area contributed by atoms with Gasteiger partial charge in [0, 0.05) is 6.04 Å².